The molecule has 5 nitrogen and oxygen atoms in total. The van der Waals surface area contributed by atoms with Crippen molar-refractivity contribution >= 4 is 57.8 Å². The molecule has 1 heterocycles. The summed E-state index contributed by atoms with van der Waals surface area (Å²) in [5.41, 5.74) is 2.83. The quantitative estimate of drug-likeness (QED) is 0.433. The number of carbonyl (C=O) groups excluding carboxylic acids is 1. The Balaban J connectivity index is 1.28. The number of halogens is 3. The minimum Gasteiger partial charge on any atom is -0.369 e. The summed E-state index contributed by atoms with van der Waals surface area (Å²) in [5, 5.41) is 6.49. The number of amides is 1. The van der Waals surface area contributed by atoms with Crippen LogP contribution in [0.2, 0.25) is 10.0 Å². The van der Waals surface area contributed by atoms with Crippen LogP contribution >= 0.6 is 35.4 Å². The molecule has 0 bridgehead atoms. The molecule has 1 aliphatic heterocycles. The Morgan fingerprint density at radius 3 is 2.38 bits per heavy atom. The van der Waals surface area contributed by atoms with Crippen LogP contribution in [0.5, 0.6) is 0 Å². The monoisotopic (exact) mass is 516 g/mol. The van der Waals surface area contributed by atoms with E-state index in [0.29, 0.717) is 16.6 Å². The minimum atomic E-state index is -0.435. The molecule has 2 N–H and O–H groups in total. The van der Waals surface area contributed by atoms with Crippen LogP contribution in [0.25, 0.3) is 0 Å². The van der Waals surface area contributed by atoms with E-state index >= 15 is 0 Å². The minimum absolute atomic E-state index is 0.155. The normalized spacial score (nSPS) is 14.0. The lowest BCUT2D eigenvalue weighted by Gasteiger charge is -2.36. The van der Waals surface area contributed by atoms with Gasteiger partial charge < -0.3 is 10.2 Å². The van der Waals surface area contributed by atoms with Crippen LogP contribution in [-0.2, 0) is 6.54 Å². The van der Waals surface area contributed by atoms with E-state index in [0.717, 1.165) is 43.1 Å². The summed E-state index contributed by atoms with van der Waals surface area (Å²) >= 11 is 17.3. The fraction of sp³-hybridized carbons (Fsp3) is 0.200. The van der Waals surface area contributed by atoms with E-state index in [1.807, 2.05) is 36.4 Å². The molecule has 0 radical (unpaired) electrons. The third kappa shape index (κ3) is 6.24. The molecule has 176 valence electrons. The Bertz CT molecular complexity index is 1180. The van der Waals surface area contributed by atoms with Crippen molar-refractivity contribution < 1.29 is 9.18 Å². The van der Waals surface area contributed by atoms with Crippen LogP contribution in [0, 0.1) is 5.82 Å². The Kier molecular flexibility index (Phi) is 8.00. The fourth-order valence-corrected chi connectivity index (χ4v) is 4.38. The number of benzene rings is 3. The van der Waals surface area contributed by atoms with Gasteiger partial charge in [-0.05, 0) is 60.7 Å². The predicted molar refractivity (Wildman–Crippen MR) is 140 cm³/mol. The summed E-state index contributed by atoms with van der Waals surface area (Å²) in [5.74, 6) is -0.590. The number of rotatable bonds is 5. The zero-order valence-corrected chi connectivity index (χ0v) is 20.6. The van der Waals surface area contributed by atoms with Gasteiger partial charge in [0, 0.05) is 54.7 Å². The van der Waals surface area contributed by atoms with Gasteiger partial charge in [-0.3, -0.25) is 15.0 Å². The molecule has 0 unspecified atom stereocenters. The van der Waals surface area contributed by atoms with Gasteiger partial charge in [0.1, 0.15) is 5.82 Å². The van der Waals surface area contributed by atoms with Crippen LogP contribution in [-0.4, -0.2) is 42.1 Å². The van der Waals surface area contributed by atoms with E-state index in [9.17, 15) is 9.18 Å². The second-order valence-electron chi connectivity index (χ2n) is 7.93. The molecular formula is C25H23Cl2FN4OS. The summed E-state index contributed by atoms with van der Waals surface area (Å²) in [6, 6.07) is 19.4. The summed E-state index contributed by atoms with van der Waals surface area (Å²) in [6.45, 7) is 4.05. The number of hydrogen-bond donors (Lipinski definition) is 2. The average molecular weight is 517 g/mol. The fourth-order valence-electron chi connectivity index (χ4n) is 3.79. The zero-order chi connectivity index (χ0) is 24.1. The van der Waals surface area contributed by atoms with E-state index in [-0.39, 0.29) is 16.5 Å². The highest BCUT2D eigenvalue weighted by atomic mass is 35.5. The molecule has 1 saturated heterocycles. The topological polar surface area (TPSA) is 47.6 Å². The molecular weight excluding hydrogens is 494 g/mol. The number of piperazine rings is 1. The molecule has 0 saturated carbocycles. The number of nitrogens with one attached hydrogen (secondary N) is 2. The van der Waals surface area contributed by atoms with Crippen molar-refractivity contribution in [3.63, 3.8) is 0 Å². The van der Waals surface area contributed by atoms with Crippen molar-refractivity contribution in [1.29, 1.82) is 0 Å². The molecule has 3 aromatic carbocycles. The average Bonchev–Trinajstić information content (AvgIpc) is 2.83. The van der Waals surface area contributed by atoms with E-state index < -0.39 is 5.91 Å². The molecule has 0 aromatic heterocycles. The number of anilines is 2. The highest BCUT2D eigenvalue weighted by Gasteiger charge is 2.18. The molecule has 1 fully saturated rings. The standard InChI is InChI=1S/C25H23Cl2FN4OS/c26-18-5-10-22(27)21(15-18)24(33)30-25(34)29-19-6-8-20(9-7-19)32-13-11-31(12-14-32)16-17-3-1-2-4-23(17)28/h1-10,15H,11-14,16H2,(H2,29,30,33,34). The molecule has 0 aliphatic carbocycles. The van der Waals surface area contributed by atoms with E-state index in [2.05, 4.69) is 20.4 Å². The maximum atomic E-state index is 13.9. The van der Waals surface area contributed by atoms with E-state index in [1.165, 1.54) is 12.1 Å². The van der Waals surface area contributed by atoms with Gasteiger partial charge in [0.15, 0.2) is 5.11 Å². The maximum absolute atomic E-state index is 13.9. The molecule has 1 amide bonds. The highest BCUT2D eigenvalue weighted by Crippen LogP contribution is 2.22. The maximum Gasteiger partial charge on any atom is 0.258 e. The van der Waals surface area contributed by atoms with Gasteiger partial charge >= 0.3 is 0 Å². The zero-order valence-electron chi connectivity index (χ0n) is 18.2. The van der Waals surface area contributed by atoms with Crippen molar-refractivity contribution in [3.8, 4) is 0 Å². The third-order valence-corrected chi connectivity index (χ3v) is 6.38. The lowest BCUT2D eigenvalue weighted by atomic mass is 10.1. The largest absolute Gasteiger partial charge is 0.369 e. The Morgan fingerprint density at radius 2 is 1.68 bits per heavy atom. The molecule has 0 atom stereocenters. The SMILES string of the molecule is O=C(NC(=S)Nc1ccc(N2CCN(Cc3ccccc3F)CC2)cc1)c1cc(Cl)ccc1Cl. The van der Waals surface area contributed by atoms with Gasteiger partial charge in [0.05, 0.1) is 10.6 Å². The summed E-state index contributed by atoms with van der Waals surface area (Å²) in [6.07, 6.45) is 0. The smallest absolute Gasteiger partial charge is 0.258 e. The van der Waals surface area contributed by atoms with Crippen molar-refractivity contribution in [2.75, 3.05) is 36.4 Å². The molecule has 0 spiro atoms. The lowest BCUT2D eigenvalue weighted by Crippen LogP contribution is -2.46. The van der Waals surface area contributed by atoms with Gasteiger partial charge in [-0.25, -0.2) is 4.39 Å². The summed E-state index contributed by atoms with van der Waals surface area (Å²) < 4.78 is 13.9. The summed E-state index contributed by atoms with van der Waals surface area (Å²) in [4.78, 5) is 17.0. The van der Waals surface area contributed by atoms with Gasteiger partial charge in [-0.1, -0.05) is 41.4 Å². The Hall–Kier alpha value is -2.71. The van der Waals surface area contributed by atoms with E-state index in [1.54, 1.807) is 18.2 Å². The van der Waals surface area contributed by atoms with Crippen LogP contribution < -0.4 is 15.5 Å². The number of hydrogen-bond acceptors (Lipinski definition) is 4. The number of nitrogens with zero attached hydrogens (tertiary/aromatic N) is 2. The Morgan fingerprint density at radius 1 is 0.971 bits per heavy atom. The molecule has 1 aliphatic rings. The first-order valence-corrected chi connectivity index (χ1v) is 11.9. The van der Waals surface area contributed by atoms with Crippen LogP contribution in [0.15, 0.2) is 66.7 Å². The van der Waals surface area contributed by atoms with Crippen LogP contribution in [0.3, 0.4) is 0 Å². The van der Waals surface area contributed by atoms with Gasteiger partial charge in [0.25, 0.3) is 5.91 Å². The third-order valence-electron chi connectivity index (χ3n) is 5.61. The van der Waals surface area contributed by atoms with E-state index in [4.69, 9.17) is 35.4 Å². The van der Waals surface area contributed by atoms with Crippen molar-refractivity contribution in [1.82, 2.24) is 10.2 Å². The van der Waals surface area contributed by atoms with Crippen molar-refractivity contribution in [2.45, 2.75) is 6.54 Å². The van der Waals surface area contributed by atoms with Crippen LogP contribution in [0.1, 0.15) is 15.9 Å². The molecule has 34 heavy (non-hydrogen) atoms. The first-order valence-electron chi connectivity index (χ1n) is 10.8. The second kappa shape index (κ2) is 11.1. The van der Waals surface area contributed by atoms with Gasteiger partial charge in [0.2, 0.25) is 0 Å². The lowest BCUT2D eigenvalue weighted by molar-refractivity contribution is 0.0978. The molecule has 4 rings (SSSR count). The molecule has 9 heteroatoms. The summed E-state index contributed by atoms with van der Waals surface area (Å²) in [7, 11) is 0. The van der Waals surface area contributed by atoms with Gasteiger partial charge in [-0.15, -0.1) is 0 Å². The second-order valence-corrected chi connectivity index (χ2v) is 9.19. The highest BCUT2D eigenvalue weighted by molar-refractivity contribution is 7.80. The van der Waals surface area contributed by atoms with Crippen molar-refractivity contribution in [2.24, 2.45) is 0 Å². The van der Waals surface area contributed by atoms with Crippen LogP contribution in [0.4, 0.5) is 15.8 Å². The number of thiocarbonyl (C=S) groups is 1. The first kappa shape index (κ1) is 24.4. The van der Waals surface area contributed by atoms with Crippen molar-refractivity contribution in [3.05, 3.63) is 93.7 Å². The molecule has 3 aromatic rings. The van der Waals surface area contributed by atoms with Gasteiger partial charge in [-0.2, -0.15) is 0 Å². The Labute approximate surface area is 213 Å². The first-order chi connectivity index (χ1) is 16.4. The predicted octanol–water partition coefficient (Wildman–Crippen LogP) is 5.58. The number of carbonyl (C=O) groups is 1.